The summed E-state index contributed by atoms with van der Waals surface area (Å²) >= 11 is 0. The second-order valence-corrected chi connectivity index (χ2v) is 5.19. The van der Waals surface area contributed by atoms with E-state index in [0.717, 1.165) is 12.8 Å². The molecule has 0 saturated heterocycles. The van der Waals surface area contributed by atoms with E-state index in [1.54, 1.807) is 12.1 Å². The third kappa shape index (κ3) is 5.21. The Balaban J connectivity index is 2.48. The van der Waals surface area contributed by atoms with Gasteiger partial charge in [-0.25, -0.2) is 4.79 Å². The van der Waals surface area contributed by atoms with Crippen molar-refractivity contribution in [2.45, 2.75) is 32.7 Å². The van der Waals surface area contributed by atoms with Crippen molar-refractivity contribution in [1.82, 2.24) is 10.2 Å². The lowest BCUT2D eigenvalue weighted by Gasteiger charge is -2.31. The van der Waals surface area contributed by atoms with Crippen LogP contribution in [-0.2, 0) is 0 Å². The lowest BCUT2D eigenvalue weighted by atomic mass is 9.93. The van der Waals surface area contributed by atoms with E-state index in [1.807, 2.05) is 32.3 Å². The fourth-order valence-corrected chi connectivity index (χ4v) is 2.42. The molecule has 1 aromatic carbocycles. The quantitative estimate of drug-likeness (QED) is 0.833. The van der Waals surface area contributed by atoms with Gasteiger partial charge in [0.1, 0.15) is 5.75 Å². The monoisotopic (exact) mass is 278 g/mol. The van der Waals surface area contributed by atoms with Gasteiger partial charge in [0.15, 0.2) is 0 Å². The van der Waals surface area contributed by atoms with Crippen molar-refractivity contribution in [3.63, 3.8) is 0 Å². The van der Waals surface area contributed by atoms with Crippen LogP contribution in [0, 0.1) is 5.92 Å². The van der Waals surface area contributed by atoms with E-state index in [2.05, 4.69) is 24.1 Å². The molecule has 0 bridgehead atoms. The zero-order chi connectivity index (χ0) is 15.0. The Labute approximate surface area is 122 Å². The highest BCUT2D eigenvalue weighted by molar-refractivity contribution is 5.70. The molecule has 0 radical (unpaired) electrons. The van der Waals surface area contributed by atoms with Gasteiger partial charge in [-0.15, -0.1) is 0 Å². The molecule has 0 heterocycles. The number of carbonyl (C=O) groups excluding carboxylic acids is 1. The molecule has 4 heteroatoms. The molecule has 0 aliphatic heterocycles. The summed E-state index contributed by atoms with van der Waals surface area (Å²) in [5, 5.41) is 2.86. The maximum Gasteiger partial charge on any atom is 0.412 e. The molecule has 0 saturated carbocycles. The predicted octanol–water partition coefficient (Wildman–Crippen LogP) is 3.14. The molecule has 20 heavy (non-hydrogen) atoms. The minimum absolute atomic E-state index is 0.327. The molecular weight excluding hydrogens is 252 g/mol. The number of hydrogen-bond acceptors (Lipinski definition) is 3. The number of amides is 1. The fraction of sp³-hybridized carbons (Fsp3) is 0.562. The zero-order valence-electron chi connectivity index (χ0n) is 12.9. The van der Waals surface area contributed by atoms with Crippen LogP contribution >= 0.6 is 0 Å². The summed E-state index contributed by atoms with van der Waals surface area (Å²) in [4.78, 5) is 14.0. The number of benzene rings is 1. The maximum atomic E-state index is 11.8. The van der Waals surface area contributed by atoms with E-state index in [1.165, 1.54) is 0 Å². The summed E-state index contributed by atoms with van der Waals surface area (Å²) < 4.78 is 5.22. The van der Waals surface area contributed by atoms with Gasteiger partial charge in [0, 0.05) is 12.6 Å². The van der Waals surface area contributed by atoms with E-state index in [-0.39, 0.29) is 0 Å². The predicted molar refractivity (Wildman–Crippen MR) is 82.0 cm³/mol. The van der Waals surface area contributed by atoms with Gasteiger partial charge in [-0.1, -0.05) is 44.9 Å². The van der Waals surface area contributed by atoms with Gasteiger partial charge in [-0.3, -0.25) is 0 Å². The molecule has 0 aliphatic carbocycles. The van der Waals surface area contributed by atoms with Crippen molar-refractivity contribution in [2.75, 3.05) is 20.6 Å². The van der Waals surface area contributed by atoms with Crippen molar-refractivity contribution in [2.24, 2.45) is 5.92 Å². The van der Waals surface area contributed by atoms with Gasteiger partial charge >= 0.3 is 6.09 Å². The minimum Gasteiger partial charge on any atom is -0.410 e. The molecule has 4 nitrogen and oxygen atoms in total. The number of hydrogen-bond donors (Lipinski definition) is 1. The highest BCUT2D eigenvalue weighted by Gasteiger charge is 2.21. The first kappa shape index (κ1) is 16.5. The molecule has 0 aliphatic rings. The molecular formula is C16H26N2O2. The topological polar surface area (TPSA) is 41.6 Å². The van der Waals surface area contributed by atoms with E-state index >= 15 is 0 Å². The Morgan fingerprint density at radius 1 is 1.20 bits per heavy atom. The number of nitrogens with zero attached hydrogens (tertiary/aromatic N) is 1. The summed E-state index contributed by atoms with van der Waals surface area (Å²) in [5.74, 6) is 1.14. The Hall–Kier alpha value is -1.55. The number of nitrogens with one attached hydrogen (secondary N) is 1. The third-order valence-electron chi connectivity index (χ3n) is 3.67. The van der Waals surface area contributed by atoms with E-state index in [4.69, 9.17) is 4.74 Å². The smallest absolute Gasteiger partial charge is 0.410 e. The maximum absolute atomic E-state index is 11.8. The number of para-hydroxylation sites is 1. The summed E-state index contributed by atoms with van der Waals surface area (Å²) in [6.07, 6.45) is 1.82. The number of likely N-dealkylation sites (N-methyl/N-ethyl adjacent to an activating group) is 1. The zero-order valence-corrected chi connectivity index (χ0v) is 12.9. The van der Waals surface area contributed by atoms with Crippen LogP contribution in [0.3, 0.4) is 0 Å². The van der Waals surface area contributed by atoms with Crippen LogP contribution < -0.4 is 10.1 Å². The fourth-order valence-electron chi connectivity index (χ4n) is 2.42. The van der Waals surface area contributed by atoms with E-state index in [0.29, 0.717) is 24.3 Å². The first-order chi connectivity index (χ1) is 9.58. The van der Waals surface area contributed by atoms with Crippen LogP contribution in [0.5, 0.6) is 5.75 Å². The van der Waals surface area contributed by atoms with Crippen molar-refractivity contribution >= 4 is 6.09 Å². The number of rotatable bonds is 7. The summed E-state index contributed by atoms with van der Waals surface area (Å²) in [5.41, 5.74) is 0. The van der Waals surface area contributed by atoms with Crippen LogP contribution in [0.4, 0.5) is 4.79 Å². The molecule has 1 atom stereocenters. The van der Waals surface area contributed by atoms with E-state index < -0.39 is 6.09 Å². The van der Waals surface area contributed by atoms with Crippen LogP contribution in [0.15, 0.2) is 30.3 Å². The van der Waals surface area contributed by atoms with Crippen LogP contribution in [0.1, 0.15) is 26.7 Å². The molecule has 1 rings (SSSR count). The lowest BCUT2D eigenvalue weighted by molar-refractivity contribution is 0.175. The van der Waals surface area contributed by atoms with Crippen molar-refractivity contribution in [3.8, 4) is 5.75 Å². The minimum atomic E-state index is -0.394. The molecule has 1 N–H and O–H groups in total. The first-order valence-corrected chi connectivity index (χ1v) is 7.25. The molecule has 0 fully saturated rings. The standard InChI is InChI=1S/C16H26N2O2/c1-5-13(6-2)15(18(3)4)12-17-16(19)20-14-10-8-7-9-11-14/h7-11,13,15H,5-6,12H2,1-4H3,(H,17,19). The summed E-state index contributed by atoms with van der Waals surface area (Å²) in [6, 6.07) is 9.44. The average Bonchev–Trinajstić information content (AvgIpc) is 2.44. The number of carbonyl (C=O) groups is 1. The second-order valence-electron chi connectivity index (χ2n) is 5.19. The van der Waals surface area contributed by atoms with Crippen LogP contribution in [0.25, 0.3) is 0 Å². The molecule has 1 aromatic rings. The second kappa shape index (κ2) is 8.59. The van der Waals surface area contributed by atoms with Crippen LogP contribution in [0.2, 0.25) is 0 Å². The van der Waals surface area contributed by atoms with Gasteiger partial charge < -0.3 is 15.0 Å². The Morgan fingerprint density at radius 2 is 1.80 bits per heavy atom. The molecule has 1 amide bonds. The van der Waals surface area contributed by atoms with Gasteiger partial charge in [-0.2, -0.15) is 0 Å². The normalized spacial score (nSPS) is 12.5. The molecule has 1 unspecified atom stereocenters. The summed E-state index contributed by atoms with van der Waals surface area (Å²) in [7, 11) is 4.10. The summed E-state index contributed by atoms with van der Waals surface area (Å²) in [6.45, 7) is 4.98. The van der Waals surface area contributed by atoms with Crippen molar-refractivity contribution in [3.05, 3.63) is 30.3 Å². The lowest BCUT2D eigenvalue weighted by Crippen LogP contribution is -2.45. The first-order valence-electron chi connectivity index (χ1n) is 7.25. The Bertz CT molecular complexity index is 389. The molecule has 112 valence electrons. The largest absolute Gasteiger partial charge is 0.412 e. The highest BCUT2D eigenvalue weighted by atomic mass is 16.6. The third-order valence-corrected chi connectivity index (χ3v) is 3.67. The molecule has 0 aromatic heterocycles. The van der Waals surface area contributed by atoms with E-state index in [9.17, 15) is 4.79 Å². The Kier molecular flexibility index (Phi) is 7.09. The van der Waals surface area contributed by atoms with Crippen LogP contribution in [-0.4, -0.2) is 37.7 Å². The Morgan fingerprint density at radius 3 is 2.30 bits per heavy atom. The number of ether oxygens (including phenoxy) is 1. The van der Waals surface area contributed by atoms with Gasteiger partial charge in [0.2, 0.25) is 0 Å². The molecule has 0 spiro atoms. The van der Waals surface area contributed by atoms with Crippen molar-refractivity contribution in [1.29, 1.82) is 0 Å². The SMILES string of the molecule is CCC(CC)C(CNC(=O)Oc1ccccc1)N(C)C. The average molecular weight is 278 g/mol. The van der Waals surface area contributed by atoms with Gasteiger partial charge in [0.05, 0.1) is 0 Å². The highest BCUT2D eigenvalue weighted by Crippen LogP contribution is 2.16. The van der Waals surface area contributed by atoms with Gasteiger partial charge in [0.25, 0.3) is 0 Å². The van der Waals surface area contributed by atoms with Gasteiger partial charge in [-0.05, 0) is 32.1 Å². The van der Waals surface area contributed by atoms with Crippen molar-refractivity contribution < 1.29 is 9.53 Å².